The summed E-state index contributed by atoms with van der Waals surface area (Å²) in [6.07, 6.45) is -3.59. The van der Waals surface area contributed by atoms with E-state index in [9.17, 15) is 19.8 Å². The minimum atomic E-state index is -1.95. The molecule has 0 bridgehead atoms. The van der Waals surface area contributed by atoms with Crippen molar-refractivity contribution in [3.8, 4) is 0 Å². The Bertz CT molecular complexity index is 453. The van der Waals surface area contributed by atoms with Crippen LogP contribution in [0.2, 0.25) is 0 Å². The third-order valence-electron chi connectivity index (χ3n) is 3.37. The Morgan fingerprint density at radius 2 is 1.80 bits per heavy atom. The molecular formula is C17H34N2O11. The number of hydrogen-bond donors (Lipinski definition) is 5. The molecule has 0 radical (unpaired) electrons. The van der Waals surface area contributed by atoms with Crippen LogP contribution in [0.4, 0.5) is 0 Å². The van der Waals surface area contributed by atoms with E-state index in [1.807, 2.05) is 0 Å². The Kier molecular flexibility index (Phi) is 17.5. The minimum absolute atomic E-state index is 0.0372. The number of methoxy groups -OCH3 is 1. The van der Waals surface area contributed by atoms with Crippen LogP contribution in [-0.2, 0) is 38.3 Å². The molecule has 13 heteroatoms. The van der Waals surface area contributed by atoms with Crippen LogP contribution in [0.5, 0.6) is 0 Å². The molecule has 0 aromatic heterocycles. The largest absolute Gasteiger partial charge is 0.394 e. The van der Waals surface area contributed by atoms with E-state index in [1.54, 1.807) is 6.92 Å². The molecular weight excluding hydrogens is 408 g/mol. The number of ether oxygens (including phenoxy) is 4. The summed E-state index contributed by atoms with van der Waals surface area (Å²) in [6, 6.07) is -1.27. The summed E-state index contributed by atoms with van der Waals surface area (Å²) in [5.41, 5.74) is 0. The van der Waals surface area contributed by atoms with E-state index in [4.69, 9.17) is 33.8 Å². The number of amides is 2. The van der Waals surface area contributed by atoms with E-state index in [1.165, 1.54) is 14.0 Å². The monoisotopic (exact) mass is 442 g/mol. The number of carbonyl (C=O) groups excluding carboxylic acids is 2. The molecule has 0 heterocycles. The van der Waals surface area contributed by atoms with Gasteiger partial charge in [-0.25, -0.2) is 9.78 Å². The lowest BCUT2D eigenvalue weighted by Gasteiger charge is -2.30. The van der Waals surface area contributed by atoms with Gasteiger partial charge in [0.2, 0.25) is 11.8 Å². The number of hydrogen-bond acceptors (Lipinski definition) is 11. The SMILES string of the molecule is COCCC(=O)NCCOOCOCCOC(OC(C)CO)C(NC(C)=O)C(O)O. The quantitative estimate of drug-likeness (QED) is 0.0625. The van der Waals surface area contributed by atoms with Crippen LogP contribution in [0.25, 0.3) is 0 Å². The highest BCUT2D eigenvalue weighted by Crippen LogP contribution is 2.09. The van der Waals surface area contributed by atoms with Gasteiger partial charge in [0.15, 0.2) is 19.4 Å². The lowest BCUT2D eigenvalue weighted by molar-refractivity contribution is -0.336. The molecule has 0 fully saturated rings. The van der Waals surface area contributed by atoms with Crippen LogP contribution in [0.1, 0.15) is 20.3 Å². The Morgan fingerprint density at radius 1 is 1.07 bits per heavy atom. The second kappa shape index (κ2) is 18.4. The summed E-state index contributed by atoms with van der Waals surface area (Å²) in [6.45, 7) is 2.94. The number of aliphatic hydroxyl groups is 3. The molecule has 0 spiro atoms. The predicted molar refractivity (Wildman–Crippen MR) is 101 cm³/mol. The molecule has 0 rings (SSSR count). The van der Waals surface area contributed by atoms with Crippen molar-refractivity contribution in [1.82, 2.24) is 10.6 Å². The summed E-state index contributed by atoms with van der Waals surface area (Å²) in [4.78, 5) is 32.1. The van der Waals surface area contributed by atoms with Gasteiger partial charge < -0.3 is 44.9 Å². The van der Waals surface area contributed by atoms with Crippen molar-refractivity contribution in [1.29, 1.82) is 0 Å². The smallest absolute Gasteiger partial charge is 0.222 e. The molecule has 13 nitrogen and oxygen atoms in total. The lowest BCUT2D eigenvalue weighted by atomic mass is 10.2. The van der Waals surface area contributed by atoms with E-state index in [0.717, 1.165) is 0 Å². The highest BCUT2D eigenvalue weighted by molar-refractivity contribution is 5.75. The standard InChI is InChI=1S/C17H34N2O11/c1-12(10-20)30-17(15(16(23)24)19-13(2)21)27-9-8-26-11-29-28-7-5-18-14(22)4-6-25-3/h12,15-17,20,23-24H,4-11H2,1-3H3,(H,18,22)(H,19,21). The summed E-state index contributed by atoms with van der Waals surface area (Å²) in [5, 5.41) is 32.9. The zero-order valence-electron chi connectivity index (χ0n) is 17.6. The maximum absolute atomic E-state index is 11.3. The summed E-state index contributed by atoms with van der Waals surface area (Å²) < 4.78 is 20.7. The Labute approximate surface area is 175 Å². The van der Waals surface area contributed by atoms with E-state index >= 15 is 0 Å². The highest BCUT2D eigenvalue weighted by Gasteiger charge is 2.31. The van der Waals surface area contributed by atoms with Gasteiger partial charge in [0.1, 0.15) is 6.04 Å². The second-order valence-corrected chi connectivity index (χ2v) is 6.07. The first-order valence-electron chi connectivity index (χ1n) is 9.40. The summed E-state index contributed by atoms with van der Waals surface area (Å²) >= 11 is 0. The number of carbonyl (C=O) groups is 2. The molecule has 178 valence electrons. The molecule has 0 aromatic carbocycles. The van der Waals surface area contributed by atoms with Crippen molar-refractivity contribution in [2.24, 2.45) is 0 Å². The van der Waals surface area contributed by atoms with Crippen LogP contribution in [0.15, 0.2) is 0 Å². The molecule has 30 heavy (non-hydrogen) atoms. The fourth-order valence-corrected chi connectivity index (χ4v) is 1.94. The van der Waals surface area contributed by atoms with Gasteiger partial charge in [-0.2, -0.15) is 0 Å². The normalized spacial score (nSPS) is 14.4. The van der Waals surface area contributed by atoms with E-state index in [-0.39, 0.29) is 52.1 Å². The predicted octanol–water partition coefficient (Wildman–Crippen LogP) is -2.38. The van der Waals surface area contributed by atoms with Gasteiger partial charge in [0.05, 0.1) is 39.1 Å². The van der Waals surface area contributed by atoms with E-state index < -0.39 is 30.6 Å². The summed E-state index contributed by atoms with van der Waals surface area (Å²) in [7, 11) is 1.51. The van der Waals surface area contributed by atoms with Crippen molar-refractivity contribution in [3.05, 3.63) is 0 Å². The zero-order chi connectivity index (χ0) is 22.8. The lowest BCUT2D eigenvalue weighted by Crippen LogP contribution is -2.53. The van der Waals surface area contributed by atoms with Gasteiger partial charge in [-0.05, 0) is 6.92 Å². The zero-order valence-corrected chi connectivity index (χ0v) is 17.6. The Hall–Kier alpha value is -1.42. The fraction of sp³-hybridized carbons (Fsp3) is 0.882. The van der Waals surface area contributed by atoms with Gasteiger partial charge >= 0.3 is 0 Å². The van der Waals surface area contributed by atoms with Crippen molar-refractivity contribution >= 4 is 11.8 Å². The third-order valence-corrected chi connectivity index (χ3v) is 3.37. The molecule has 0 aromatic rings. The first-order chi connectivity index (χ1) is 14.3. The van der Waals surface area contributed by atoms with Crippen LogP contribution < -0.4 is 10.6 Å². The van der Waals surface area contributed by atoms with Crippen molar-refractivity contribution in [2.45, 2.75) is 45.0 Å². The molecule has 0 aliphatic carbocycles. The summed E-state index contributed by atoms with van der Waals surface area (Å²) in [5.74, 6) is -0.676. The average molecular weight is 442 g/mol. The van der Waals surface area contributed by atoms with Gasteiger partial charge in [-0.15, -0.1) is 0 Å². The number of aliphatic hydroxyl groups excluding tert-OH is 2. The van der Waals surface area contributed by atoms with E-state index in [0.29, 0.717) is 6.61 Å². The molecule has 0 aliphatic rings. The topological polar surface area (TPSA) is 174 Å². The van der Waals surface area contributed by atoms with Crippen LogP contribution in [0, 0.1) is 0 Å². The minimum Gasteiger partial charge on any atom is -0.394 e. The van der Waals surface area contributed by atoms with Gasteiger partial charge in [-0.1, -0.05) is 0 Å². The third kappa shape index (κ3) is 15.4. The Balaban J connectivity index is 4.02. The van der Waals surface area contributed by atoms with Crippen molar-refractivity contribution < 1.29 is 53.6 Å². The van der Waals surface area contributed by atoms with Crippen molar-refractivity contribution in [2.75, 3.05) is 53.5 Å². The van der Waals surface area contributed by atoms with Gasteiger partial charge in [-0.3, -0.25) is 9.59 Å². The molecule has 0 saturated heterocycles. The maximum Gasteiger partial charge on any atom is 0.222 e. The second-order valence-electron chi connectivity index (χ2n) is 6.07. The Morgan fingerprint density at radius 3 is 2.40 bits per heavy atom. The molecule has 3 unspecified atom stereocenters. The molecule has 5 N–H and O–H groups in total. The molecule has 0 aliphatic heterocycles. The van der Waals surface area contributed by atoms with E-state index in [2.05, 4.69) is 10.6 Å². The highest BCUT2D eigenvalue weighted by atomic mass is 17.2. The van der Waals surface area contributed by atoms with Gasteiger partial charge in [0, 0.05) is 27.0 Å². The first kappa shape index (κ1) is 28.6. The number of nitrogens with one attached hydrogen (secondary N) is 2. The fourth-order valence-electron chi connectivity index (χ4n) is 1.94. The van der Waals surface area contributed by atoms with Crippen LogP contribution in [0.3, 0.4) is 0 Å². The molecule has 3 atom stereocenters. The average Bonchev–Trinajstić information content (AvgIpc) is 2.70. The van der Waals surface area contributed by atoms with Crippen LogP contribution >= 0.6 is 0 Å². The van der Waals surface area contributed by atoms with Crippen molar-refractivity contribution in [3.63, 3.8) is 0 Å². The molecule has 0 saturated carbocycles. The maximum atomic E-state index is 11.3. The first-order valence-corrected chi connectivity index (χ1v) is 9.40. The van der Waals surface area contributed by atoms with Gasteiger partial charge in [0.25, 0.3) is 0 Å². The van der Waals surface area contributed by atoms with Crippen LogP contribution in [-0.4, -0.2) is 105 Å². The number of rotatable bonds is 19. The molecule has 2 amide bonds.